The van der Waals surface area contributed by atoms with Crippen LogP contribution in [0, 0.1) is 0 Å². The Balaban J connectivity index is 2.23. The Hall–Kier alpha value is -1.84. The summed E-state index contributed by atoms with van der Waals surface area (Å²) in [5, 5.41) is 0. The maximum atomic E-state index is 11.8. The van der Waals surface area contributed by atoms with Crippen LogP contribution in [0.4, 0.5) is 0 Å². The highest BCUT2D eigenvalue weighted by Crippen LogP contribution is 2.18. The predicted molar refractivity (Wildman–Crippen MR) is 72.1 cm³/mol. The first kappa shape index (κ1) is 13.6. The molecule has 2 rings (SSSR count). The molecule has 0 aliphatic carbocycles. The van der Waals surface area contributed by atoms with Crippen LogP contribution >= 0.6 is 0 Å². The van der Waals surface area contributed by atoms with Gasteiger partial charge in [-0.25, -0.2) is 4.79 Å². The van der Waals surface area contributed by atoms with Gasteiger partial charge in [-0.15, -0.1) is 0 Å². The zero-order valence-corrected chi connectivity index (χ0v) is 11.5. The van der Waals surface area contributed by atoms with E-state index in [-0.39, 0.29) is 12.0 Å². The Labute approximate surface area is 113 Å². The monoisotopic (exact) mass is 262 g/mol. The average molecular weight is 262 g/mol. The van der Waals surface area contributed by atoms with Gasteiger partial charge in [-0.2, -0.15) is 4.58 Å². The molecule has 0 amide bonds. The van der Waals surface area contributed by atoms with Gasteiger partial charge in [0.25, 0.3) is 6.04 Å². The largest absolute Gasteiger partial charge is 0.464 e. The smallest absolute Gasteiger partial charge is 0.375 e. The number of hydrogen-bond acceptors (Lipinski definition) is 3. The molecular formula is C15H20NO3+. The van der Waals surface area contributed by atoms with Gasteiger partial charge in [0.1, 0.15) is 0 Å². The molecule has 1 aromatic rings. The number of nitrogens with zero attached hydrogens (tertiary/aromatic N) is 1. The van der Waals surface area contributed by atoms with Gasteiger partial charge in [-0.05, 0) is 6.92 Å². The van der Waals surface area contributed by atoms with Gasteiger partial charge in [0.2, 0.25) is 0 Å². The fourth-order valence-electron chi connectivity index (χ4n) is 2.41. The molecule has 4 nitrogen and oxygen atoms in total. The number of ether oxygens (including phenoxy) is 2. The summed E-state index contributed by atoms with van der Waals surface area (Å²) >= 11 is 0. The van der Waals surface area contributed by atoms with E-state index in [0.29, 0.717) is 13.2 Å². The number of hydrogen-bond donors (Lipinski definition) is 0. The fourth-order valence-corrected chi connectivity index (χ4v) is 2.41. The summed E-state index contributed by atoms with van der Waals surface area (Å²) in [5.41, 5.74) is 1.16. The lowest BCUT2D eigenvalue weighted by Crippen LogP contribution is -2.33. The Morgan fingerprint density at radius 1 is 1.37 bits per heavy atom. The van der Waals surface area contributed by atoms with Crippen LogP contribution < -0.4 is 0 Å². The van der Waals surface area contributed by atoms with Gasteiger partial charge in [-0.1, -0.05) is 30.3 Å². The highest BCUT2D eigenvalue weighted by Gasteiger charge is 2.40. The van der Waals surface area contributed by atoms with Crippen LogP contribution in [0.25, 0.3) is 0 Å². The topological polar surface area (TPSA) is 38.5 Å². The summed E-state index contributed by atoms with van der Waals surface area (Å²) in [5.74, 6) is 0.701. The lowest BCUT2D eigenvalue weighted by Gasteiger charge is -2.09. The molecule has 0 N–H and O–H groups in total. The molecule has 1 aliphatic rings. The van der Waals surface area contributed by atoms with Crippen LogP contribution in [0.1, 0.15) is 25.3 Å². The molecule has 102 valence electrons. The third kappa shape index (κ3) is 3.13. The molecule has 19 heavy (non-hydrogen) atoms. The van der Waals surface area contributed by atoms with Crippen LogP contribution in [0.5, 0.6) is 0 Å². The van der Waals surface area contributed by atoms with E-state index in [0.717, 1.165) is 24.3 Å². The van der Waals surface area contributed by atoms with Crippen LogP contribution in [-0.4, -0.2) is 36.2 Å². The van der Waals surface area contributed by atoms with E-state index in [1.54, 1.807) is 0 Å². The lowest BCUT2D eigenvalue weighted by molar-refractivity contribution is -0.569. The normalized spacial score (nSPS) is 18.5. The average Bonchev–Trinajstić information content (AvgIpc) is 2.83. The summed E-state index contributed by atoms with van der Waals surface area (Å²) < 4.78 is 12.5. The van der Waals surface area contributed by atoms with E-state index in [1.165, 1.54) is 7.11 Å². The second-order valence-corrected chi connectivity index (χ2v) is 4.52. The number of methoxy groups -OCH3 is 1. The number of esters is 1. The minimum absolute atomic E-state index is 0.189. The Bertz CT molecular complexity index is 468. The van der Waals surface area contributed by atoms with E-state index >= 15 is 0 Å². The van der Waals surface area contributed by atoms with E-state index in [9.17, 15) is 4.79 Å². The van der Waals surface area contributed by atoms with Crippen LogP contribution in [0.2, 0.25) is 0 Å². The molecule has 0 bridgehead atoms. The van der Waals surface area contributed by atoms with E-state index in [4.69, 9.17) is 9.47 Å². The molecule has 0 aromatic heterocycles. The first-order valence-electron chi connectivity index (χ1n) is 6.63. The third-order valence-corrected chi connectivity index (χ3v) is 3.31. The fraction of sp³-hybridized carbons (Fsp3) is 0.467. The summed E-state index contributed by atoms with van der Waals surface area (Å²) in [4.78, 5) is 11.8. The maximum absolute atomic E-state index is 11.8. The molecule has 1 aliphatic heterocycles. The second-order valence-electron chi connectivity index (χ2n) is 4.52. The quantitative estimate of drug-likeness (QED) is 0.615. The summed E-state index contributed by atoms with van der Waals surface area (Å²) in [6.07, 6.45) is 1.55. The Morgan fingerprint density at radius 2 is 2.11 bits per heavy atom. The summed E-state index contributed by atoms with van der Waals surface area (Å²) in [6.45, 7) is 3.25. The van der Waals surface area contributed by atoms with Crippen molar-refractivity contribution in [2.45, 2.75) is 32.4 Å². The van der Waals surface area contributed by atoms with Gasteiger partial charge in [0.05, 0.1) is 20.1 Å². The molecular weight excluding hydrogens is 242 g/mol. The Morgan fingerprint density at radius 3 is 2.74 bits per heavy atom. The van der Waals surface area contributed by atoms with Gasteiger partial charge < -0.3 is 9.47 Å². The minimum Gasteiger partial charge on any atom is -0.464 e. The highest BCUT2D eigenvalue weighted by molar-refractivity contribution is 5.80. The molecule has 0 spiro atoms. The summed E-state index contributed by atoms with van der Waals surface area (Å²) in [7, 11) is 1.43. The molecule has 1 heterocycles. The van der Waals surface area contributed by atoms with Crippen molar-refractivity contribution in [1.82, 2.24) is 0 Å². The zero-order chi connectivity index (χ0) is 13.7. The molecule has 1 atom stereocenters. The molecule has 0 radical (unpaired) electrons. The minimum atomic E-state index is -0.230. The standard InChI is InChI=1S/C15H20NO3/c1-3-19-14-10-9-13(15(17)18-2)16(14)11-12-7-5-4-6-8-12/h4-8,13H,3,9-11H2,1-2H3/q+1. The molecule has 0 saturated carbocycles. The van der Waals surface area contributed by atoms with Gasteiger partial charge in [0, 0.05) is 12.0 Å². The van der Waals surface area contributed by atoms with Gasteiger partial charge in [-0.3, -0.25) is 0 Å². The van der Waals surface area contributed by atoms with E-state index in [2.05, 4.69) is 12.1 Å². The van der Waals surface area contributed by atoms with Crippen molar-refractivity contribution in [3.05, 3.63) is 35.9 Å². The number of carbonyl (C=O) groups is 1. The van der Waals surface area contributed by atoms with Crippen molar-refractivity contribution >= 4 is 11.9 Å². The second kappa shape index (κ2) is 6.36. The van der Waals surface area contributed by atoms with Crippen molar-refractivity contribution < 1.29 is 18.8 Å². The van der Waals surface area contributed by atoms with Gasteiger partial charge >= 0.3 is 11.9 Å². The van der Waals surface area contributed by atoms with Crippen LogP contribution in [0.3, 0.4) is 0 Å². The SMILES string of the molecule is CCOC1=[N+](Cc2ccccc2)C(C(=O)OC)CC1. The molecule has 1 aromatic carbocycles. The maximum Gasteiger partial charge on any atom is 0.375 e. The lowest BCUT2D eigenvalue weighted by atomic mass is 10.2. The molecule has 4 heteroatoms. The number of rotatable bonds is 4. The van der Waals surface area contributed by atoms with Crippen LogP contribution in [0.15, 0.2) is 30.3 Å². The third-order valence-electron chi connectivity index (χ3n) is 3.31. The molecule has 0 saturated heterocycles. The van der Waals surface area contributed by atoms with Crippen molar-refractivity contribution in [3.63, 3.8) is 0 Å². The summed E-state index contributed by atoms with van der Waals surface area (Å²) in [6, 6.07) is 9.86. The Kier molecular flexibility index (Phi) is 4.55. The van der Waals surface area contributed by atoms with Gasteiger partial charge in [0.15, 0.2) is 6.54 Å². The molecule has 0 fully saturated rings. The van der Waals surface area contributed by atoms with Crippen molar-refractivity contribution in [2.75, 3.05) is 13.7 Å². The number of benzene rings is 1. The predicted octanol–water partition coefficient (Wildman–Crippen LogP) is 1.97. The first-order chi connectivity index (χ1) is 9.26. The zero-order valence-electron chi connectivity index (χ0n) is 11.5. The highest BCUT2D eigenvalue weighted by atomic mass is 16.5. The van der Waals surface area contributed by atoms with Crippen molar-refractivity contribution in [1.29, 1.82) is 0 Å². The van der Waals surface area contributed by atoms with Crippen LogP contribution in [-0.2, 0) is 20.8 Å². The number of carbonyl (C=O) groups excluding carboxylic acids is 1. The first-order valence-corrected chi connectivity index (χ1v) is 6.63. The van der Waals surface area contributed by atoms with Crippen molar-refractivity contribution in [2.24, 2.45) is 0 Å². The van der Waals surface area contributed by atoms with E-state index < -0.39 is 0 Å². The van der Waals surface area contributed by atoms with Crippen molar-refractivity contribution in [3.8, 4) is 0 Å². The molecule has 1 unspecified atom stereocenters. The van der Waals surface area contributed by atoms with E-state index in [1.807, 2.05) is 29.7 Å².